The van der Waals surface area contributed by atoms with Gasteiger partial charge in [-0.25, -0.2) is 0 Å². The van der Waals surface area contributed by atoms with Crippen LogP contribution < -0.4 is 0 Å². The van der Waals surface area contributed by atoms with Crippen LogP contribution in [0, 0.1) is 6.92 Å². The third-order valence-electron chi connectivity index (χ3n) is 2.76. The lowest BCUT2D eigenvalue weighted by atomic mass is 10.2. The molecule has 6 nitrogen and oxygen atoms in total. The lowest BCUT2D eigenvalue weighted by molar-refractivity contribution is -0.137. The van der Waals surface area contributed by atoms with E-state index in [0.717, 1.165) is 5.69 Å². The van der Waals surface area contributed by atoms with Gasteiger partial charge in [0.15, 0.2) is 0 Å². The molecule has 1 amide bonds. The van der Waals surface area contributed by atoms with Gasteiger partial charge in [0, 0.05) is 18.3 Å². The van der Waals surface area contributed by atoms with Crippen molar-refractivity contribution < 1.29 is 14.7 Å². The van der Waals surface area contributed by atoms with E-state index in [9.17, 15) is 9.59 Å². The number of rotatable bonds is 5. The van der Waals surface area contributed by atoms with Gasteiger partial charge >= 0.3 is 5.97 Å². The molecule has 1 rings (SSSR count). The number of carbonyl (C=O) groups is 2. The van der Waals surface area contributed by atoms with Crippen molar-refractivity contribution in [2.75, 3.05) is 13.1 Å². The zero-order chi connectivity index (χ0) is 13.9. The molecule has 0 aliphatic heterocycles. The summed E-state index contributed by atoms with van der Waals surface area (Å²) >= 11 is 0. The summed E-state index contributed by atoms with van der Waals surface area (Å²) in [5.74, 6) is -1.30. The Labute approximate surface area is 106 Å². The Hall–Kier alpha value is -1.85. The Balaban J connectivity index is 2.99. The van der Waals surface area contributed by atoms with Gasteiger partial charge in [-0.05, 0) is 27.7 Å². The monoisotopic (exact) mass is 253 g/mol. The lowest BCUT2D eigenvalue weighted by Crippen LogP contribution is -2.35. The smallest absolute Gasteiger partial charge is 0.323 e. The molecule has 0 spiro atoms. The zero-order valence-corrected chi connectivity index (χ0v) is 11.2. The molecular weight excluding hydrogens is 234 g/mol. The van der Waals surface area contributed by atoms with Gasteiger partial charge in [-0.2, -0.15) is 5.10 Å². The number of hydrogen-bond donors (Lipinski definition) is 1. The van der Waals surface area contributed by atoms with Crippen LogP contribution in [-0.2, 0) is 4.79 Å². The average Bonchev–Trinajstić information content (AvgIpc) is 2.66. The molecule has 0 aliphatic rings. The summed E-state index contributed by atoms with van der Waals surface area (Å²) in [4.78, 5) is 24.2. The van der Waals surface area contributed by atoms with Crippen molar-refractivity contribution in [2.45, 2.75) is 33.7 Å². The van der Waals surface area contributed by atoms with Gasteiger partial charge in [-0.1, -0.05) is 0 Å². The Morgan fingerprint density at radius 3 is 2.50 bits per heavy atom. The average molecular weight is 253 g/mol. The molecule has 0 aromatic carbocycles. The molecule has 1 heterocycles. The SMILES string of the molecule is CCN(CC(=O)O)C(=O)c1cnn(C(C)C)c1C. The maximum Gasteiger partial charge on any atom is 0.323 e. The molecule has 100 valence electrons. The van der Waals surface area contributed by atoms with Gasteiger partial charge in [0.1, 0.15) is 6.54 Å². The summed E-state index contributed by atoms with van der Waals surface area (Å²) in [7, 11) is 0. The van der Waals surface area contributed by atoms with E-state index in [1.54, 1.807) is 11.6 Å². The second-order valence-electron chi connectivity index (χ2n) is 4.40. The van der Waals surface area contributed by atoms with Crippen LogP contribution in [0.3, 0.4) is 0 Å². The molecule has 1 aromatic heterocycles. The van der Waals surface area contributed by atoms with E-state index in [2.05, 4.69) is 5.10 Å². The maximum atomic E-state index is 12.2. The largest absolute Gasteiger partial charge is 0.480 e. The highest BCUT2D eigenvalue weighted by atomic mass is 16.4. The van der Waals surface area contributed by atoms with E-state index >= 15 is 0 Å². The molecular formula is C12H19N3O3. The first-order valence-electron chi connectivity index (χ1n) is 5.93. The van der Waals surface area contributed by atoms with Crippen LogP contribution in [0.5, 0.6) is 0 Å². The van der Waals surface area contributed by atoms with Crippen LogP contribution in [0.2, 0.25) is 0 Å². The first-order chi connectivity index (χ1) is 8.38. The van der Waals surface area contributed by atoms with Crippen molar-refractivity contribution in [3.63, 3.8) is 0 Å². The molecule has 0 bridgehead atoms. The van der Waals surface area contributed by atoms with Crippen LogP contribution >= 0.6 is 0 Å². The fourth-order valence-electron chi connectivity index (χ4n) is 1.81. The summed E-state index contributed by atoms with van der Waals surface area (Å²) < 4.78 is 1.75. The summed E-state index contributed by atoms with van der Waals surface area (Å²) in [5, 5.41) is 12.9. The van der Waals surface area contributed by atoms with E-state index in [4.69, 9.17) is 5.11 Å². The zero-order valence-electron chi connectivity index (χ0n) is 11.2. The first kappa shape index (κ1) is 14.2. The second-order valence-corrected chi connectivity index (χ2v) is 4.40. The molecule has 0 fully saturated rings. The highest BCUT2D eigenvalue weighted by molar-refractivity contribution is 5.96. The quantitative estimate of drug-likeness (QED) is 0.858. The van der Waals surface area contributed by atoms with Crippen LogP contribution in [0.15, 0.2) is 6.20 Å². The van der Waals surface area contributed by atoms with E-state index < -0.39 is 5.97 Å². The standard InChI is InChI=1S/C12H19N3O3/c1-5-14(7-11(16)17)12(18)10-6-13-15(8(2)3)9(10)4/h6,8H,5,7H2,1-4H3,(H,16,17). The molecule has 0 saturated heterocycles. The van der Waals surface area contributed by atoms with Crippen molar-refractivity contribution in [3.8, 4) is 0 Å². The number of carboxylic acid groups (broad SMARTS) is 1. The van der Waals surface area contributed by atoms with Gasteiger partial charge in [0.25, 0.3) is 5.91 Å². The van der Waals surface area contributed by atoms with Crippen LogP contribution in [-0.4, -0.2) is 44.8 Å². The number of carbonyl (C=O) groups excluding carboxylic acids is 1. The Morgan fingerprint density at radius 2 is 2.11 bits per heavy atom. The second kappa shape index (κ2) is 5.66. The molecule has 6 heteroatoms. The fraction of sp³-hybridized carbons (Fsp3) is 0.583. The van der Waals surface area contributed by atoms with Crippen molar-refractivity contribution in [3.05, 3.63) is 17.5 Å². The minimum atomic E-state index is -1.01. The summed E-state index contributed by atoms with van der Waals surface area (Å²) in [6.07, 6.45) is 1.50. The summed E-state index contributed by atoms with van der Waals surface area (Å²) in [6.45, 7) is 7.59. The number of amides is 1. The number of nitrogens with zero attached hydrogens (tertiary/aromatic N) is 3. The van der Waals surface area contributed by atoms with Crippen molar-refractivity contribution in [1.82, 2.24) is 14.7 Å². The first-order valence-corrected chi connectivity index (χ1v) is 5.93. The normalized spacial score (nSPS) is 10.7. The highest BCUT2D eigenvalue weighted by Crippen LogP contribution is 2.14. The Morgan fingerprint density at radius 1 is 1.50 bits per heavy atom. The van der Waals surface area contributed by atoms with Gasteiger partial charge < -0.3 is 10.0 Å². The number of hydrogen-bond acceptors (Lipinski definition) is 3. The van der Waals surface area contributed by atoms with Crippen molar-refractivity contribution in [2.24, 2.45) is 0 Å². The topological polar surface area (TPSA) is 75.4 Å². The molecule has 0 atom stereocenters. The molecule has 1 N–H and O–H groups in total. The maximum absolute atomic E-state index is 12.2. The molecule has 18 heavy (non-hydrogen) atoms. The molecule has 0 saturated carbocycles. The van der Waals surface area contributed by atoms with Crippen LogP contribution in [0.1, 0.15) is 42.9 Å². The minimum absolute atomic E-state index is 0.168. The Kier molecular flexibility index (Phi) is 4.47. The third-order valence-corrected chi connectivity index (χ3v) is 2.76. The van der Waals surface area contributed by atoms with Gasteiger partial charge in [0.2, 0.25) is 0 Å². The van der Waals surface area contributed by atoms with E-state index in [0.29, 0.717) is 12.1 Å². The number of aliphatic carboxylic acids is 1. The van der Waals surface area contributed by atoms with Gasteiger partial charge in [-0.3, -0.25) is 14.3 Å². The molecule has 0 radical (unpaired) electrons. The number of likely N-dealkylation sites (N-methyl/N-ethyl adjacent to an activating group) is 1. The summed E-state index contributed by atoms with van der Waals surface area (Å²) in [5.41, 5.74) is 1.23. The number of aromatic nitrogens is 2. The Bertz CT molecular complexity index is 451. The molecule has 0 aliphatic carbocycles. The molecule has 0 unspecified atom stereocenters. The lowest BCUT2D eigenvalue weighted by Gasteiger charge is -2.18. The van der Waals surface area contributed by atoms with Gasteiger partial charge in [0.05, 0.1) is 11.8 Å². The highest BCUT2D eigenvalue weighted by Gasteiger charge is 2.21. The predicted molar refractivity (Wildman–Crippen MR) is 66.6 cm³/mol. The van der Waals surface area contributed by atoms with Crippen LogP contribution in [0.25, 0.3) is 0 Å². The predicted octanol–water partition coefficient (Wildman–Crippen LogP) is 1.32. The molecule has 1 aromatic rings. The van der Waals surface area contributed by atoms with Crippen LogP contribution in [0.4, 0.5) is 0 Å². The minimum Gasteiger partial charge on any atom is -0.480 e. The van der Waals surface area contributed by atoms with E-state index in [-0.39, 0.29) is 18.5 Å². The fourth-order valence-corrected chi connectivity index (χ4v) is 1.81. The van der Waals surface area contributed by atoms with Crippen molar-refractivity contribution in [1.29, 1.82) is 0 Å². The van der Waals surface area contributed by atoms with Crippen molar-refractivity contribution >= 4 is 11.9 Å². The van der Waals surface area contributed by atoms with E-state index in [1.807, 2.05) is 20.8 Å². The third kappa shape index (κ3) is 2.88. The van der Waals surface area contributed by atoms with E-state index in [1.165, 1.54) is 11.1 Å². The van der Waals surface area contributed by atoms with Gasteiger partial charge in [-0.15, -0.1) is 0 Å². The summed E-state index contributed by atoms with van der Waals surface area (Å²) in [6, 6.07) is 0.168. The number of carboxylic acids is 1.